The SMILES string of the molecule is CC1CN=C(NCc2cccc(-c3nc(CC(F)(F)F)no3)c2)N1. The molecule has 1 unspecified atom stereocenters. The molecule has 6 nitrogen and oxygen atoms in total. The summed E-state index contributed by atoms with van der Waals surface area (Å²) in [5.41, 5.74) is 1.50. The Labute approximate surface area is 136 Å². The molecule has 2 heterocycles. The van der Waals surface area contributed by atoms with Crippen LogP contribution in [-0.2, 0) is 13.0 Å². The van der Waals surface area contributed by atoms with Crippen LogP contribution in [0.2, 0.25) is 0 Å². The summed E-state index contributed by atoms with van der Waals surface area (Å²) < 4.78 is 42.0. The van der Waals surface area contributed by atoms with Crippen molar-refractivity contribution >= 4 is 5.96 Å². The Morgan fingerprint density at radius 2 is 2.21 bits per heavy atom. The fraction of sp³-hybridized carbons (Fsp3) is 0.400. The first-order chi connectivity index (χ1) is 11.4. The van der Waals surface area contributed by atoms with Gasteiger partial charge in [0, 0.05) is 18.2 Å². The van der Waals surface area contributed by atoms with Crippen molar-refractivity contribution in [2.45, 2.75) is 32.1 Å². The third kappa shape index (κ3) is 4.24. The molecule has 2 N–H and O–H groups in total. The minimum Gasteiger partial charge on any atom is -0.352 e. The van der Waals surface area contributed by atoms with Gasteiger partial charge in [-0.3, -0.25) is 4.99 Å². The van der Waals surface area contributed by atoms with Crippen molar-refractivity contribution < 1.29 is 17.7 Å². The van der Waals surface area contributed by atoms with Crippen LogP contribution in [0.4, 0.5) is 13.2 Å². The lowest BCUT2D eigenvalue weighted by Gasteiger charge is -2.09. The quantitative estimate of drug-likeness (QED) is 0.894. The molecule has 1 aromatic carbocycles. The van der Waals surface area contributed by atoms with E-state index in [4.69, 9.17) is 4.52 Å². The Morgan fingerprint density at radius 1 is 1.38 bits per heavy atom. The molecule has 2 aromatic rings. The molecule has 0 saturated heterocycles. The largest absolute Gasteiger partial charge is 0.396 e. The van der Waals surface area contributed by atoms with Crippen LogP contribution in [0.25, 0.3) is 11.5 Å². The maximum Gasteiger partial charge on any atom is 0.396 e. The number of nitrogens with zero attached hydrogens (tertiary/aromatic N) is 3. The highest BCUT2D eigenvalue weighted by molar-refractivity contribution is 5.81. The number of aliphatic imine (C=N–C) groups is 1. The van der Waals surface area contributed by atoms with E-state index in [2.05, 4.69) is 25.8 Å². The summed E-state index contributed by atoms with van der Waals surface area (Å²) in [4.78, 5) is 8.10. The summed E-state index contributed by atoms with van der Waals surface area (Å²) in [5.74, 6) is 0.429. The van der Waals surface area contributed by atoms with Gasteiger partial charge in [0.05, 0.1) is 6.54 Å². The van der Waals surface area contributed by atoms with Crippen molar-refractivity contribution in [3.63, 3.8) is 0 Å². The van der Waals surface area contributed by atoms with E-state index in [-0.39, 0.29) is 11.7 Å². The van der Waals surface area contributed by atoms with E-state index in [1.54, 1.807) is 18.2 Å². The van der Waals surface area contributed by atoms with Crippen LogP contribution in [0.15, 0.2) is 33.8 Å². The van der Waals surface area contributed by atoms with Crippen molar-refractivity contribution in [1.82, 2.24) is 20.8 Å². The van der Waals surface area contributed by atoms with Crippen molar-refractivity contribution in [2.24, 2.45) is 4.99 Å². The number of halogens is 3. The Morgan fingerprint density at radius 3 is 2.92 bits per heavy atom. The van der Waals surface area contributed by atoms with Crippen LogP contribution >= 0.6 is 0 Å². The van der Waals surface area contributed by atoms with Crippen LogP contribution in [0.5, 0.6) is 0 Å². The molecule has 24 heavy (non-hydrogen) atoms. The Bertz CT molecular complexity index is 741. The number of hydrogen-bond donors (Lipinski definition) is 2. The number of alkyl halides is 3. The second-order valence-corrected chi connectivity index (χ2v) is 5.60. The first kappa shape index (κ1) is 16.3. The summed E-state index contributed by atoms with van der Waals surface area (Å²) in [7, 11) is 0. The molecule has 1 aromatic heterocycles. The van der Waals surface area contributed by atoms with E-state index in [9.17, 15) is 13.2 Å². The van der Waals surface area contributed by atoms with Gasteiger partial charge in [0.15, 0.2) is 11.8 Å². The lowest BCUT2D eigenvalue weighted by Crippen LogP contribution is -2.37. The molecule has 0 radical (unpaired) electrons. The van der Waals surface area contributed by atoms with E-state index in [1.165, 1.54) is 0 Å². The number of aromatic nitrogens is 2. The maximum atomic E-state index is 12.3. The van der Waals surface area contributed by atoms with Gasteiger partial charge in [0.25, 0.3) is 5.89 Å². The molecule has 0 aliphatic carbocycles. The van der Waals surface area contributed by atoms with E-state index in [0.717, 1.165) is 18.1 Å². The Kier molecular flexibility index (Phi) is 4.41. The van der Waals surface area contributed by atoms with E-state index in [1.807, 2.05) is 13.0 Å². The fourth-order valence-electron chi connectivity index (χ4n) is 2.28. The van der Waals surface area contributed by atoms with Crippen LogP contribution in [0.3, 0.4) is 0 Å². The topological polar surface area (TPSA) is 75.3 Å². The van der Waals surface area contributed by atoms with Gasteiger partial charge >= 0.3 is 6.18 Å². The number of guanidine groups is 1. The molecular formula is C15H16F3N5O. The van der Waals surface area contributed by atoms with Gasteiger partial charge in [0.1, 0.15) is 6.42 Å². The van der Waals surface area contributed by atoms with E-state index in [0.29, 0.717) is 18.2 Å². The zero-order valence-corrected chi connectivity index (χ0v) is 12.9. The number of hydrogen-bond acceptors (Lipinski definition) is 6. The van der Waals surface area contributed by atoms with Crippen molar-refractivity contribution in [3.05, 3.63) is 35.7 Å². The van der Waals surface area contributed by atoms with E-state index >= 15 is 0 Å². The van der Waals surface area contributed by atoms with Gasteiger partial charge in [-0.15, -0.1) is 0 Å². The highest BCUT2D eigenvalue weighted by Gasteiger charge is 2.30. The number of rotatable bonds is 4. The highest BCUT2D eigenvalue weighted by atomic mass is 19.4. The zero-order valence-electron chi connectivity index (χ0n) is 12.9. The van der Waals surface area contributed by atoms with Gasteiger partial charge in [-0.1, -0.05) is 17.3 Å². The Balaban J connectivity index is 1.67. The smallest absolute Gasteiger partial charge is 0.352 e. The minimum atomic E-state index is -4.36. The molecule has 1 aliphatic heterocycles. The van der Waals surface area contributed by atoms with Crippen molar-refractivity contribution in [2.75, 3.05) is 6.54 Å². The second kappa shape index (κ2) is 6.50. The molecule has 0 spiro atoms. The predicted octanol–water partition coefficient (Wildman–Crippen LogP) is 2.28. The van der Waals surface area contributed by atoms with Crippen LogP contribution < -0.4 is 10.6 Å². The molecule has 3 rings (SSSR count). The first-order valence-electron chi connectivity index (χ1n) is 7.42. The minimum absolute atomic E-state index is 0.0704. The Hall–Kier alpha value is -2.58. The third-order valence-corrected chi connectivity index (χ3v) is 3.37. The van der Waals surface area contributed by atoms with Crippen molar-refractivity contribution in [1.29, 1.82) is 0 Å². The lowest BCUT2D eigenvalue weighted by molar-refractivity contribution is -0.128. The first-order valence-corrected chi connectivity index (χ1v) is 7.42. The standard InChI is InChI=1S/C15H16F3N5O/c1-9-7-19-14(21-9)20-8-10-3-2-4-11(5-10)13-22-12(23-24-13)6-15(16,17)18/h2-5,9H,6-8H2,1H3,(H2,19,20,21). The molecule has 0 fully saturated rings. The summed E-state index contributed by atoms with van der Waals surface area (Å²) in [6.45, 7) is 3.29. The third-order valence-electron chi connectivity index (χ3n) is 3.37. The lowest BCUT2D eigenvalue weighted by atomic mass is 10.1. The predicted molar refractivity (Wildman–Crippen MR) is 81.2 cm³/mol. The molecule has 1 aliphatic rings. The summed E-state index contributed by atoms with van der Waals surface area (Å²) >= 11 is 0. The molecule has 128 valence electrons. The summed E-state index contributed by atoms with van der Waals surface area (Å²) in [6, 6.07) is 7.48. The highest BCUT2D eigenvalue weighted by Crippen LogP contribution is 2.23. The van der Waals surface area contributed by atoms with Gasteiger partial charge in [-0.25, -0.2) is 0 Å². The van der Waals surface area contributed by atoms with Gasteiger partial charge in [-0.2, -0.15) is 18.2 Å². The summed E-state index contributed by atoms with van der Waals surface area (Å²) in [6.07, 6.45) is -5.57. The average molecular weight is 339 g/mol. The molecule has 0 amide bonds. The number of benzene rings is 1. The monoisotopic (exact) mass is 339 g/mol. The molecular weight excluding hydrogens is 323 g/mol. The van der Waals surface area contributed by atoms with Gasteiger partial charge in [-0.05, 0) is 24.6 Å². The van der Waals surface area contributed by atoms with Crippen molar-refractivity contribution in [3.8, 4) is 11.5 Å². The molecule has 9 heteroatoms. The van der Waals surface area contributed by atoms with E-state index < -0.39 is 12.6 Å². The summed E-state index contributed by atoms with van der Waals surface area (Å²) in [5, 5.41) is 9.73. The molecule has 1 atom stereocenters. The second-order valence-electron chi connectivity index (χ2n) is 5.60. The number of nitrogens with one attached hydrogen (secondary N) is 2. The maximum absolute atomic E-state index is 12.3. The van der Waals surface area contributed by atoms with Crippen LogP contribution in [0.1, 0.15) is 18.3 Å². The van der Waals surface area contributed by atoms with Gasteiger partial charge in [0.2, 0.25) is 0 Å². The van der Waals surface area contributed by atoms with Gasteiger partial charge < -0.3 is 15.2 Å². The van der Waals surface area contributed by atoms with Crippen LogP contribution in [-0.4, -0.2) is 34.9 Å². The zero-order chi connectivity index (χ0) is 17.2. The van der Waals surface area contributed by atoms with Crippen LogP contribution in [0, 0.1) is 0 Å². The molecule has 0 bridgehead atoms. The molecule has 0 saturated carbocycles. The average Bonchev–Trinajstić information content (AvgIpc) is 3.13. The normalized spacial score (nSPS) is 17.5. The fourth-order valence-corrected chi connectivity index (χ4v) is 2.28.